The Hall–Kier alpha value is -0.780. The Balaban J connectivity index is 0.00000169. The van der Waals surface area contributed by atoms with E-state index in [2.05, 4.69) is 45.0 Å². The Morgan fingerprint density at radius 2 is 1.79 bits per heavy atom. The molecule has 1 aromatic carbocycles. The van der Waals surface area contributed by atoms with Crippen molar-refractivity contribution in [1.29, 1.82) is 0 Å². The summed E-state index contributed by atoms with van der Waals surface area (Å²) in [7, 11) is 0. The van der Waals surface area contributed by atoms with E-state index in [1.54, 1.807) is 11.1 Å². The third-order valence-corrected chi connectivity index (χ3v) is 2.72. The fourth-order valence-corrected chi connectivity index (χ4v) is 1.73. The van der Waals surface area contributed by atoms with Crippen molar-refractivity contribution in [2.24, 2.45) is 0 Å². The Bertz CT molecular complexity index is 250. The number of hydrogen-bond acceptors (Lipinski definition) is 0. The number of rotatable bonds is 4. The Morgan fingerprint density at radius 1 is 1.14 bits per heavy atom. The first-order valence-electron chi connectivity index (χ1n) is 5.37. The zero-order valence-corrected chi connectivity index (χ0v) is 9.01. The van der Waals surface area contributed by atoms with Gasteiger partial charge in [-0.2, -0.15) is 0 Å². The van der Waals surface area contributed by atoms with E-state index in [-0.39, 0.29) is 7.43 Å². The van der Waals surface area contributed by atoms with Crippen LogP contribution in [0.5, 0.6) is 0 Å². The molecule has 0 radical (unpaired) electrons. The Kier molecular flexibility index (Phi) is 6.27. The summed E-state index contributed by atoms with van der Waals surface area (Å²) in [6.07, 6.45) is 3.70. The summed E-state index contributed by atoms with van der Waals surface area (Å²) in [6, 6.07) is 8.85. The summed E-state index contributed by atoms with van der Waals surface area (Å²) < 4.78 is 0. The monoisotopic (exact) mass is 192 g/mol. The van der Waals surface area contributed by atoms with Crippen molar-refractivity contribution >= 4 is 0 Å². The molecule has 0 saturated carbocycles. The molecule has 1 unspecified atom stereocenters. The first-order valence-corrected chi connectivity index (χ1v) is 5.37. The molecule has 0 aliphatic heterocycles. The maximum atomic E-state index is 2.31. The van der Waals surface area contributed by atoms with Crippen molar-refractivity contribution in [2.75, 3.05) is 0 Å². The van der Waals surface area contributed by atoms with Crippen LogP contribution in [0.1, 0.15) is 58.1 Å². The molecule has 1 aromatic rings. The molecule has 0 amide bonds. The first-order chi connectivity index (χ1) is 6.29. The van der Waals surface area contributed by atoms with Gasteiger partial charge in [0.15, 0.2) is 0 Å². The van der Waals surface area contributed by atoms with Crippen molar-refractivity contribution in [3.8, 4) is 0 Å². The van der Waals surface area contributed by atoms with E-state index in [9.17, 15) is 0 Å². The van der Waals surface area contributed by atoms with E-state index in [1.807, 2.05) is 0 Å². The normalized spacial score (nSPS) is 11.9. The topological polar surface area (TPSA) is 0 Å². The number of hydrogen-bond donors (Lipinski definition) is 0. The quantitative estimate of drug-likeness (QED) is 0.643. The van der Waals surface area contributed by atoms with Gasteiger partial charge in [0.25, 0.3) is 0 Å². The summed E-state index contributed by atoms with van der Waals surface area (Å²) in [6.45, 7) is 6.81. The molecule has 0 heterocycles. The largest absolute Gasteiger partial charge is 0.0776 e. The predicted octanol–water partition coefficient (Wildman–Crippen LogP) is 4.79. The molecule has 0 spiro atoms. The molecule has 80 valence electrons. The van der Waals surface area contributed by atoms with Crippen molar-refractivity contribution in [3.63, 3.8) is 0 Å². The van der Waals surface area contributed by atoms with Gasteiger partial charge in [-0.3, -0.25) is 0 Å². The zero-order valence-electron chi connectivity index (χ0n) is 9.01. The summed E-state index contributed by atoms with van der Waals surface area (Å²) in [4.78, 5) is 0. The van der Waals surface area contributed by atoms with Gasteiger partial charge in [0.05, 0.1) is 0 Å². The van der Waals surface area contributed by atoms with Crippen LogP contribution in [0.25, 0.3) is 0 Å². The van der Waals surface area contributed by atoms with E-state index in [0.29, 0.717) is 5.92 Å². The molecule has 1 rings (SSSR count). The molecule has 0 bridgehead atoms. The minimum atomic E-state index is 0. The molecule has 0 heteroatoms. The standard InChI is InChI=1S/C13H20.CH4/c1-4-8-12-9-6-7-10-13(12)11(3)5-2;/h6-7,9-11H,4-5,8H2,1-3H3;1H4. The van der Waals surface area contributed by atoms with Crippen LogP contribution in [-0.4, -0.2) is 0 Å². The predicted molar refractivity (Wildman–Crippen MR) is 65.9 cm³/mol. The van der Waals surface area contributed by atoms with Crippen LogP contribution in [0.15, 0.2) is 24.3 Å². The van der Waals surface area contributed by atoms with Gasteiger partial charge >= 0.3 is 0 Å². The average Bonchev–Trinajstić information content (AvgIpc) is 2.18. The Morgan fingerprint density at radius 3 is 2.36 bits per heavy atom. The number of aryl methyl sites for hydroxylation is 1. The molecule has 0 aliphatic rings. The molecule has 0 aromatic heterocycles. The molecule has 0 aliphatic carbocycles. The summed E-state index contributed by atoms with van der Waals surface area (Å²) in [5, 5.41) is 0. The van der Waals surface area contributed by atoms with E-state index in [4.69, 9.17) is 0 Å². The van der Waals surface area contributed by atoms with Crippen LogP contribution in [-0.2, 0) is 6.42 Å². The van der Waals surface area contributed by atoms with Gasteiger partial charge in [-0.05, 0) is 29.9 Å². The van der Waals surface area contributed by atoms with Crippen molar-refractivity contribution in [1.82, 2.24) is 0 Å². The smallest absolute Gasteiger partial charge is 0.0190 e. The van der Waals surface area contributed by atoms with E-state index in [1.165, 1.54) is 19.3 Å². The lowest BCUT2D eigenvalue weighted by atomic mass is 9.92. The van der Waals surface area contributed by atoms with Gasteiger partial charge in [-0.15, -0.1) is 0 Å². The van der Waals surface area contributed by atoms with Crippen molar-refractivity contribution in [3.05, 3.63) is 35.4 Å². The molecular formula is C14H24. The first kappa shape index (κ1) is 13.2. The van der Waals surface area contributed by atoms with E-state index in [0.717, 1.165) is 0 Å². The average molecular weight is 192 g/mol. The molecule has 0 saturated heterocycles. The number of benzene rings is 1. The molecular weight excluding hydrogens is 168 g/mol. The lowest BCUT2D eigenvalue weighted by Gasteiger charge is -2.13. The van der Waals surface area contributed by atoms with Gasteiger partial charge < -0.3 is 0 Å². The maximum absolute atomic E-state index is 2.31. The van der Waals surface area contributed by atoms with Gasteiger partial charge in [0.1, 0.15) is 0 Å². The minimum Gasteiger partial charge on any atom is -0.0776 e. The molecule has 0 N–H and O–H groups in total. The van der Waals surface area contributed by atoms with Crippen LogP contribution < -0.4 is 0 Å². The SMILES string of the molecule is C.CCCc1ccccc1C(C)CC. The van der Waals surface area contributed by atoms with E-state index >= 15 is 0 Å². The fourth-order valence-electron chi connectivity index (χ4n) is 1.73. The van der Waals surface area contributed by atoms with E-state index < -0.39 is 0 Å². The highest BCUT2D eigenvalue weighted by Gasteiger charge is 2.06. The van der Waals surface area contributed by atoms with Gasteiger partial charge in [0, 0.05) is 0 Å². The molecule has 14 heavy (non-hydrogen) atoms. The second kappa shape index (κ2) is 6.64. The highest BCUT2D eigenvalue weighted by atomic mass is 14.1. The third-order valence-electron chi connectivity index (χ3n) is 2.72. The van der Waals surface area contributed by atoms with Gasteiger partial charge in [-0.1, -0.05) is 58.9 Å². The lowest BCUT2D eigenvalue weighted by molar-refractivity contribution is 0.718. The van der Waals surface area contributed by atoms with Crippen molar-refractivity contribution in [2.45, 2.75) is 53.4 Å². The van der Waals surface area contributed by atoms with Crippen molar-refractivity contribution < 1.29 is 0 Å². The maximum Gasteiger partial charge on any atom is -0.0190 e. The van der Waals surface area contributed by atoms with Crippen LogP contribution in [0.4, 0.5) is 0 Å². The van der Waals surface area contributed by atoms with Gasteiger partial charge in [-0.25, -0.2) is 0 Å². The Labute approximate surface area is 89.4 Å². The summed E-state index contributed by atoms with van der Waals surface area (Å²) >= 11 is 0. The highest BCUT2D eigenvalue weighted by Crippen LogP contribution is 2.23. The van der Waals surface area contributed by atoms with Crippen LogP contribution in [0, 0.1) is 0 Å². The molecule has 1 atom stereocenters. The highest BCUT2D eigenvalue weighted by molar-refractivity contribution is 5.30. The minimum absolute atomic E-state index is 0. The second-order valence-electron chi connectivity index (χ2n) is 3.76. The van der Waals surface area contributed by atoms with Crippen LogP contribution in [0.3, 0.4) is 0 Å². The zero-order chi connectivity index (χ0) is 9.68. The summed E-state index contributed by atoms with van der Waals surface area (Å²) in [5.41, 5.74) is 3.09. The lowest BCUT2D eigenvalue weighted by Crippen LogP contribution is -1.97. The fraction of sp³-hybridized carbons (Fsp3) is 0.571. The molecule has 0 nitrogen and oxygen atoms in total. The molecule has 0 fully saturated rings. The summed E-state index contributed by atoms with van der Waals surface area (Å²) in [5.74, 6) is 0.711. The van der Waals surface area contributed by atoms with Gasteiger partial charge in [0.2, 0.25) is 0 Å². The third kappa shape index (κ3) is 3.17. The van der Waals surface area contributed by atoms with Crippen LogP contribution in [0.2, 0.25) is 0 Å². The second-order valence-corrected chi connectivity index (χ2v) is 3.76. The van der Waals surface area contributed by atoms with Crippen LogP contribution >= 0.6 is 0 Å².